The first-order chi connectivity index (χ1) is 9.24. The standard InChI is InChI=1S/C15H25NO3/c1-4-13(8-9-17)16-11-12-6-7-14(19-5-2)15(10-12)18-3/h6-7,10,13,16-17H,4-5,8-9,11H2,1-3H3. The number of benzene rings is 1. The van der Waals surface area contributed by atoms with Crippen molar-refractivity contribution in [1.29, 1.82) is 0 Å². The number of rotatable bonds is 9. The van der Waals surface area contributed by atoms with Gasteiger partial charge in [0.05, 0.1) is 13.7 Å². The van der Waals surface area contributed by atoms with Crippen LogP contribution in [0.4, 0.5) is 0 Å². The summed E-state index contributed by atoms with van der Waals surface area (Å²) in [5.41, 5.74) is 1.15. The Balaban J connectivity index is 2.63. The molecule has 0 saturated heterocycles. The molecule has 1 unspecified atom stereocenters. The molecule has 0 saturated carbocycles. The molecule has 0 radical (unpaired) electrons. The zero-order chi connectivity index (χ0) is 14.1. The minimum atomic E-state index is 0.220. The van der Waals surface area contributed by atoms with E-state index in [0.29, 0.717) is 12.6 Å². The van der Waals surface area contributed by atoms with Gasteiger partial charge in [-0.2, -0.15) is 0 Å². The Morgan fingerprint density at radius 2 is 2.05 bits per heavy atom. The molecule has 0 amide bonds. The van der Waals surface area contributed by atoms with Gasteiger partial charge in [0.2, 0.25) is 0 Å². The fourth-order valence-electron chi connectivity index (χ4n) is 1.97. The fourth-order valence-corrected chi connectivity index (χ4v) is 1.97. The van der Waals surface area contributed by atoms with Crippen molar-refractivity contribution in [2.45, 2.75) is 39.3 Å². The number of aliphatic hydroxyl groups excluding tert-OH is 1. The van der Waals surface area contributed by atoms with E-state index in [4.69, 9.17) is 14.6 Å². The highest BCUT2D eigenvalue weighted by Crippen LogP contribution is 2.28. The monoisotopic (exact) mass is 267 g/mol. The predicted molar refractivity (Wildman–Crippen MR) is 76.8 cm³/mol. The van der Waals surface area contributed by atoms with Gasteiger partial charge >= 0.3 is 0 Å². The average Bonchev–Trinajstić information content (AvgIpc) is 2.44. The molecule has 0 aromatic heterocycles. The molecule has 1 aromatic carbocycles. The molecule has 0 aliphatic carbocycles. The number of hydrogen-bond acceptors (Lipinski definition) is 4. The van der Waals surface area contributed by atoms with Crippen LogP contribution in [0.5, 0.6) is 11.5 Å². The number of nitrogens with one attached hydrogen (secondary N) is 1. The van der Waals surface area contributed by atoms with Crippen molar-refractivity contribution in [3.63, 3.8) is 0 Å². The first-order valence-corrected chi connectivity index (χ1v) is 6.89. The molecule has 1 atom stereocenters. The summed E-state index contributed by atoms with van der Waals surface area (Å²) in [5.74, 6) is 1.53. The van der Waals surface area contributed by atoms with Crippen molar-refractivity contribution in [2.75, 3.05) is 20.3 Å². The Morgan fingerprint density at radius 3 is 2.63 bits per heavy atom. The van der Waals surface area contributed by atoms with Crippen molar-refractivity contribution in [1.82, 2.24) is 5.32 Å². The van der Waals surface area contributed by atoms with Gasteiger partial charge in [-0.3, -0.25) is 0 Å². The van der Waals surface area contributed by atoms with Crippen LogP contribution in [-0.2, 0) is 6.54 Å². The van der Waals surface area contributed by atoms with Crippen LogP contribution in [0.1, 0.15) is 32.3 Å². The lowest BCUT2D eigenvalue weighted by molar-refractivity contribution is 0.262. The van der Waals surface area contributed by atoms with Crippen molar-refractivity contribution in [3.05, 3.63) is 23.8 Å². The number of hydrogen-bond donors (Lipinski definition) is 2. The Kier molecular flexibility index (Phi) is 7.30. The second kappa shape index (κ2) is 8.77. The Bertz CT molecular complexity index is 368. The molecule has 2 N–H and O–H groups in total. The van der Waals surface area contributed by atoms with Gasteiger partial charge in [0, 0.05) is 19.2 Å². The second-order valence-electron chi connectivity index (χ2n) is 4.42. The maximum Gasteiger partial charge on any atom is 0.161 e. The van der Waals surface area contributed by atoms with Crippen LogP contribution in [-0.4, -0.2) is 31.5 Å². The van der Waals surface area contributed by atoms with E-state index in [-0.39, 0.29) is 6.61 Å². The molecule has 0 spiro atoms. The fraction of sp³-hybridized carbons (Fsp3) is 0.600. The molecule has 0 aliphatic rings. The lowest BCUT2D eigenvalue weighted by Gasteiger charge is -2.16. The smallest absolute Gasteiger partial charge is 0.161 e. The summed E-state index contributed by atoms with van der Waals surface area (Å²) < 4.78 is 10.8. The summed E-state index contributed by atoms with van der Waals surface area (Å²) in [4.78, 5) is 0. The summed E-state index contributed by atoms with van der Waals surface area (Å²) >= 11 is 0. The number of methoxy groups -OCH3 is 1. The molecule has 4 nitrogen and oxygen atoms in total. The highest BCUT2D eigenvalue weighted by molar-refractivity contribution is 5.42. The summed E-state index contributed by atoms with van der Waals surface area (Å²) in [5, 5.41) is 12.4. The van der Waals surface area contributed by atoms with Gasteiger partial charge < -0.3 is 19.9 Å². The largest absolute Gasteiger partial charge is 0.493 e. The van der Waals surface area contributed by atoms with Crippen LogP contribution in [0.2, 0.25) is 0 Å². The van der Waals surface area contributed by atoms with Crippen molar-refractivity contribution < 1.29 is 14.6 Å². The molecule has 0 bridgehead atoms. The summed E-state index contributed by atoms with van der Waals surface area (Å²) in [6.07, 6.45) is 1.79. The van der Waals surface area contributed by atoms with Gasteiger partial charge in [0.25, 0.3) is 0 Å². The molecule has 0 aliphatic heterocycles. The molecular formula is C15H25NO3. The molecular weight excluding hydrogens is 242 g/mol. The van der Waals surface area contributed by atoms with E-state index in [1.54, 1.807) is 7.11 Å². The molecule has 1 rings (SSSR count). The summed E-state index contributed by atoms with van der Waals surface area (Å²) in [6.45, 7) is 5.68. The molecule has 0 heterocycles. The first kappa shape index (κ1) is 15.8. The third-order valence-electron chi connectivity index (χ3n) is 3.09. The van der Waals surface area contributed by atoms with E-state index in [9.17, 15) is 0 Å². The quantitative estimate of drug-likeness (QED) is 0.721. The molecule has 0 fully saturated rings. The average molecular weight is 267 g/mol. The first-order valence-electron chi connectivity index (χ1n) is 6.89. The van der Waals surface area contributed by atoms with E-state index in [1.165, 1.54) is 0 Å². The van der Waals surface area contributed by atoms with Gasteiger partial charge in [0.15, 0.2) is 11.5 Å². The lowest BCUT2D eigenvalue weighted by atomic mass is 10.1. The van der Waals surface area contributed by atoms with Crippen LogP contribution < -0.4 is 14.8 Å². The second-order valence-corrected chi connectivity index (χ2v) is 4.42. The Morgan fingerprint density at radius 1 is 1.26 bits per heavy atom. The van der Waals surface area contributed by atoms with Crippen molar-refractivity contribution in [2.24, 2.45) is 0 Å². The van der Waals surface area contributed by atoms with Crippen LogP contribution in [0.25, 0.3) is 0 Å². The van der Waals surface area contributed by atoms with Gasteiger partial charge in [-0.25, -0.2) is 0 Å². The predicted octanol–water partition coefficient (Wildman–Crippen LogP) is 2.34. The molecule has 19 heavy (non-hydrogen) atoms. The van der Waals surface area contributed by atoms with Gasteiger partial charge in [-0.05, 0) is 37.5 Å². The third kappa shape index (κ3) is 5.09. The normalized spacial score (nSPS) is 12.2. The Labute approximate surface area is 115 Å². The van der Waals surface area contributed by atoms with Gasteiger partial charge in [-0.15, -0.1) is 0 Å². The molecule has 1 aromatic rings. The lowest BCUT2D eigenvalue weighted by Crippen LogP contribution is -2.28. The van der Waals surface area contributed by atoms with Gasteiger partial charge in [-0.1, -0.05) is 13.0 Å². The third-order valence-corrected chi connectivity index (χ3v) is 3.09. The van der Waals surface area contributed by atoms with Crippen LogP contribution >= 0.6 is 0 Å². The van der Waals surface area contributed by atoms with E-state index >= 15 is 0 Å². The summed E-state index contributed by atoms with van der Waals surface area (Å²) in [6, 6.07) is 6.31. The molecule has 4 heteroatoms. The van der Waals surface area contributed by atoms with Crippen molar-refractivity contribution >= 4 is 0 Å². The van der Waals surface area contributed by atoms with Crippen molar-refractivity contribution in [3.8, 4) is 11.5 Å². The van der Waals surface area contributed by atoms with Gasteiger partial charge in [0.1, 0.15) is 0 Å². The van der Waals surface area contributed by atoms with E-state index in [0.717, 1.165) is 36.4 Å². The van der Waals surface area contributed by atoms with Crippen LogP contribution in [0.15, 0.2) is 18.2 Å². The SMILES string of the molecule is CCOc1ccc(CNC(CC)CCO)cc1OC. The zero-order valence-corrected chi connectivity index (χ0v) is 12.1. The highest BCUT2D eigenvalue weighted by atomic mass is 16.5. The Hall–Kier alpha value is -1.26. The maximum absolute atomic E-state index is 8.97. The zero-order valence-electron chi connectivity index (χ0n) is 12.1. The number of aliphatic hydroxyl groups is 1. The topological polar surface area (TPSA) is 50.7 Å². The van der Waals surface area contributed by atoms with Crippen LogP contribution in [0.3, 0.4) is 0 Å². The maximum atomic E-state index is 8.97. The van der Waals surface area contributed by atoms with E-state index in [2.05, 4.69) is 12.2 Å². The minimum Gasteiger partial charge on any atom is -0.493 e. The minimum absolute atomic E-state index is 0.220. The molecule has 108 valence electrons. The summed E-state index contributed by atoms with van der Waals surface area (Å²) in [7, 11) is 1.65. The number of ether oxygens (including phenoxy) is 2. The highest BCUT2D eigenvalue weighted by Gasteiger charge is 2.08. The van der Waals surface area contributed by atoms with E-state index < -0.39 is 0 Å². The van der Waals surface area contributed by atoms with Crippen LogP contribution in [0, 0.1) is 0 Å². The van der Waals surface area contributed by atoms with E-state index in [1.807, 2.05) is 25.1 Å².